The molecule has 0 bridgehead atoms. The van der Waals surface area contributed by atoms with Gasteiger partial charge in [0.2, 0.25) is 11.8 Å². The van der Waals surface area contributed by atoms with E-state index in [0.29, 0.717) is 19.6 Å². The number of rotatable bonds is 5. The molecule has 0 spiro atoms. The molecule has 1 heterocycles. The fourth-order valence-electron chi connectivity index (χ4n) is 2.90. The second kappa shape index (κ2) is 7.97. The van der Waals surface area contributed by atoms with Crippen LogP contribution in [0.2, 0.25) is 0 Å². The Kier molecular flexibility index (Phi) is 5.99. The molecule has 2 amide bonds. The molecule has 1 aliphatic heterocycles. The molecule has 0 atom stereocenters. The predicted octanol–water partition coefficient (Wildman–Crippen LogP) is 2.51. The maximum atomic E-state index is 12.2. The average Bonchev–Trinajstić information content (AvgIpc) is 2.54. The van der Waals surface area contributed by atoms with Crippen molar-refractivity contribution >= 4 is 11.8 Å². The molecule has 0 aliphatic carbocycles. The van der Waals surface area contributed by atoms with Crippen LogP contribution in [0.1, 0.15) is 44.2 Å². The van der Waals surface area contributed by atoms with Crippen molar-refractivity contribution in [3.05, 3.63) is 35.4 Å². The summed E-state index contributed by atoms with van der Waals surface area (Å²) in [6.45, 7) is 5.73. The molecule has 4 heteroatoms. The van der Waals surface area contributed by atoms with E-state index in [9.17, 15) is 9.59 Å². The van der Waals surface area contributed by atoms with E-state index in [1.54, 1.807) is 6.92 Å². The van der Waals surface area contributed by atoms with Crippen molar-refractivity contribution in [2.24, 2.45) is 5.92 Å². The summed E-state index contributed by atoms with van der Waals surface area (Å²) in [6, 6.07) is 8.44. The van der Waals surface area contributed by atoms with Crippen LogP contribution in [0.5, 0.6) is 0 Å². The monoisotopic (exact) mass is 302 g/mol. The highest BCUT2D eigenvalue weighted by Gasteiger charge is 2.25. The molecule has 1 N–H and O–H groups in total. The Morgan fingerprint density at radius 2 is 1.73 bits per heavy atom. The topological polar surface area (TPSA) is 49.4 Å². The van der Waals surface area contributed by atoms with Crippen LogP contribution < -0.4 is 5.32 Å². The number of hydrogen-bond donors (Lipinski definition) is 1. The minimum Gasteiger partial charge on any atom is -0.352 e. The summed E-state index contributed by atoms with van der Waals surface area (Å²) in [7, 11) is 0. The fourth-order valence-corrected chi connectivity index (χ4v) is 2.90. The minimum absolute atomic E-state index is 0.0370. The molecule has 120 valence electrons. The Morgan fingerprint density at radius 1 is 1.14 bits per heavy atom. The average molecular weight is 302 g/mol. The lowest BCUT2D eigenvalue weighted by Gasteiger charge is -2.30. The first-order valence-corrected chi connectivity index (χ1v) is 8.21. The Hall–Kier alpha value is -1.84. The zero-order valence-electron chi connectivity index (χ0n) is 13.6. The van der Waals surface area contributed by atoms with Gasteiger partial charge < -0.3 is 10.2 Å². The molecule has 1 aliphatic rings. The van der Waals surface area contributed by atoms with E-state index in [1.807, 2.05) is 4.90 Å². The third kappa shape index (κ3) is 4.58. The first-order valence-electron chi connectivity index (χ1n) is 8.21. The van der Waals surface area contributed by atoms with Gasteiger partial charge in [0, 0.05) is 32.5 Å². The molecule has 2 rings (SSSR count). The molecule has 4 nitrogen and oxygen atoms in total. The summed E-state index contributed by atoms with van der Waals surface area (Å²) in [5, 5.41) is 3.02. The zero-order chi connectivity index (χ0) is 15.9. The number of amides is 2. The maximum Gasteiger partial charge on any atom is 0.223 e. The van der Waals surface area contributed by atoms with Crippen LogP contribution in [0.25, 0.3) is 0 Å². The largest absolute Gasteiger partial charge is 0.352 e. The van der Waals surface area contributed by atoms with Gasteiger partial charge in [-0.05, 0) is 30.4 Å². The fraction of sp³-hybridized carbons (Fsp3) is 0.556. The third-order valence-electron chi connectivity index (χ3n) is 4.34. The van der Waals surface area contributed by atoms with E-state index in [-0.39, 0.29) is 17.7 Å². The van der Waals surface area contributed by atoms with Crippen LogP contribution in [0.3, 0.4) is 0 Å². The predicted molar refractivity (Wildman–Crippen MR) is 87.3 cm³/mol. The van der Waals surface area contributed by atoms with E-state index in [1.165, 1.54) is 5.56 Å². The summed E-state index contributed by atoms with van der Waals surface area (Å²) in [5.74, 6) is 0.252. The van der Waals surface area contributed by atoms with Crippen LogP contribution in [-0.2, 0) is 22.6 Å². The van der Waals surface area contributed by atoms with Crippen molar-refractivity contribution in [3.63, 3.8) is 0 Å². The number of hydrogen-bond acceptors (Lipinski definition) is 2. The van der Waals surface area contributed by atoms with Gasteiger partial charge in [-0.2, -0.15) is 0 Å². The number of aryl methyl sites for hydroxylation is 1. The van der Waals surface area contributed by atoms with Gasteiger partial charge in [-0.3, -0.25) is 9.59 Å². The van der Waals surface area contributed by atoms with Crippen LogP contribution in [0.15, 0.2) is 24.3 Å². The van der Waals surface area contributed by atoms with E-state index >= 15 is 0 Å². The van der Waals surface area contributed by atoms with E-state index in [0.717, 1.165) is 31.2 Å². The van der Waals surface area contributed by atoms with Crippen LogP contribution in [0.4, 0.5) is 0 Å². The van der Waals surface area contributed by atoms with Gasteiger partial charge in [-0.1, -0.05) is 37.6 Å². The van der Waals surface area contributed by atoms with Gasteiger partial charge >= 0.3 is 0 Å². The second-order valence-corrected chi connectivity index (χ2v) is 6.06. The van der Waals surface area contributed by atoms with Crippen LogP contribution in [0, 0.1) is 5.92 Å². The first kappa shape index (κ1) is 16.5. The van der Waals surface area contributed by atoms with Gasteiger partial charge in [-0.15, -0.1) is 0 Å². The van der Waals surface area contributed by atoms with Gasteiger partial charge in [0.1, 0.15) is 0 Å². The number of carbonyl (C=O) groups excluding carboxylic acids is 2. The van der Waals surface area contributed by atoms with E-state index < -0.39 is 0 Å². The third-order valence-corrected chi connectivity index (χ3v) is 4.34. The highest BCUT2D eigenvalue weighted by atomic mass is 16.2. The van der Waals surface area contributed by atoms with Gasteiger partial charge in [0.05, 0.1) is 0 Å². The maximum absolute atomic E-state index is 12.2. The molecular formula is C18H26N2O2. The number of carbonyl (C=O) groups is 2. The summed E-state index contributed by atoms with van der Waals surface area (Å²) in [4.78, 5) is 25.3. The number of likely N-dealkylation sites (tertiary alicyclic amines) is 1. The summed E-state index contributed by atoms with van der Waals surface area (Å²) in [6.07, 6.45) is 3.78. The Labute approximate surface area is 132 Å². The van der Waals surface area contributed by atoms with Gasteiger partial charge in [0.25, 0.3) is 0 Å². The Bertz CT molecular complexity index is 502. The molecule has 1 saturated heterocycles. The summed E-state index contributed by atoms with van der Waals surface area (Å²) >= 11 is 0. The molecule has 0 aromatic heterocycles. The minimum atomic E-state index is 0.0370. The first-order chi connectivity index (χ1) is 10.6. The molecule has 0 unspecified atom stereocenters. The van der Waals surface area contributed by atoms with Crippen molar-refractivity contribution in [1.82, 2.24) is 10.2 Å². The SMILES string of the molecule is CCCc1ccc(CNC(=O)C2CCN(C(C)=O)CC2)cc1. The van der Waals surface area contributed by atoms with Gasteiger partial charge in [-0.25, -0.2) is 0 Å². The molecule has 22 heavy (non-hydrogen) atoms. The smallest absolute Gasteiger partial charge is 0.223 e. The van der Waals surface area contributed by atoms with Crippen molar-refractivity contribution < 1.29 is 9.59 Å². The molecule has 1 aromatic rings. The van der Waals surface area contributed by atoms with Crippen molar-refractivity contribution in [3.8, 4) is 0 Å². The zero-order valence-corrected chi connectivity index (χ0v) is 13.6. The number of piperidine rings is 1. The Morgan fingerprint density at radius 3 is 2.27 bits per heavy atom. The molecule has 0 radical (unpaired) electrons. The van der Waals surface area contributed by atoms with E-state index in [2.05, 4.69) is 36.5 Å². The Balaban J connectivity index is 1.77. The number of benzene rings is 1. The van der Waals surface area contributed by atoms with Gasteiger partial charge in [0.15, 0.2) is 0 Å². The van der Waals surface area contributed by atoms with Crippen molar-refractivity contribution in [2.45, 2.75) is 46.1 Å². The summed E-state index contributed by atoms with van der Waals surface area (Å²) in [5.41, 5.74) is 2.48. The van der Waals surface area contributed by atoms with Crippen molar-refractivity contribution in [2.75, 3.05) is 13.1 Å². The van der Waals surface area contributed by atoms with Crippen molar-refractivity contribution in [1.29, 1.82) is 0 Å². The molecular weight excluding hydrogens is 276 g/mol. The molecule has 1 fully saturated rings. The second-order valence-electron chi connectivity index (χ2n) is 6.06. The lowest BCUT2D eigenvalue weighted by molar-refractivity contribution is -0.134. The van der Waals surface area contributed by atoms with Crippen LogP contribution in [-0.4, -0.2) is 29.8 Å². The van der Waals surface area contributed by atoms with E-state index in [4.69, 9.17) is 0 Å². The van der Waals surface area contributed by atoms with Crippen LogP contribution >= 0.6 is 0 Å². The quantitative estimate of drug-likeness (QED) is 0.908. The normalized spacial score (nSPS) is 15.6. The lowest BCUT2D eigenvalue weighted by Crippen LogP contribution is -2.42. The lowest BCUT2D eigenvalue weighted by atomic mass is 9.96. The summed E-state index contributed by atoms with van der Waals surface area (Å²) < 4.78 is 0. The highest BCUT2D eigenvalue weighted by Crippen LogP contribution is 2.17. The molecule has 1 aromatic carbocycles. The standard InChI is InChI=1S/C18H26N2O2/c1-3-4-15-5-7-16(8-6-15)13-19-18(22)17-9-11-20(12-10-17)14(2)21/h5-8,17H,3-4,9-13H2,1-2H3,(H,19,22). The number of nitrogens with one attached hydrogen (secondary N) is 1. The molecule has 0 saturated carbocycles. The highest BCUT2D eigenvalue weighted by molar-refractivity contribution is 5.79. The number of nitrogens with zero attached hydrogens (tertiary/aromatic N) is 1.